The number of ether oxygens (including phenoxy) is 2. The van der Waals surface area contributed by atoms with Crippen molar-refractivity contribution in [1.29, 1.82) is 0 Å². The van der Waals surface area contributed by atoms with E-state index in [1.54, 1.807) is 9.80 Å². The average Bonchev–Trinajstić information content (AvgIpc) is 3.03. The molecule has 0 radical (unpaired) electrons. The Morgan fingerprint density at radius 1 is 0.891 bits per heavy atom. The number of alkyl halides is 2. The Bertz CT molecular complexity index is 1230. The number of benzene rings is 1. The van der Waals surface area contributed by atoms with Crippen molar-refractivity contribution in [3.63, 3.8) is 0 Å². The molecule has 1 aliphatic carbocycles. The van der Waals surface area contributed by atoms with Gasteiger partial charge in [-0.15, -0.1) is 0 Å². The van der Waals surface area contributed by atoms with Gasteiger partial charge in [-0.25, -0.2) is 13.2 Å². The van der Waals surface area contributed by atoms with Crippen molar-refractivity contribution >= 4 is 23.6 Å². The van der Waals surface area contributed by atoms with E-state index in [1.165, 1.54) is 24.3 Å². The van der Waals surface area contributed by atoms with E-state index in [0.29, 0.717) is 44.1 Å². The molecule has 3 saturated heterocycles. The third-order valence-electron chi connectivity index (χ3n) is 9.56. The highest BCUT2D eigenvalue weighted by molar-refractivity contribution is 5.94. The molecule has 0 unspecified atom stereocenters. The number of hydrogen-bond acceptors (Lipinski definition) is 7. The lowest BCUT2D eigenvalue weighted by molar-refractivity contribution is -0.145. The summed E-state index contributed by atoms with van der Waals surface area (Å²) in [5, 5.41) is 9.36. The van der Waals surface area contributed by atoms with Crippen molar-refractivity contribution in [2.75, 3.05) is 52.6 Å². The quantitative estimate of drug-likeness (QED) is 0.456. The number of likely N-dealkylation sites (tertiary alicyclic amines) is 1. The number of carbonyl (C=O) groups excluding carboxylic acids is 4. The molecule has 0 bridgehead atoms. The van der Waals surface area contributed by atoms with E-state index in [1.807, 2.05) is 0 Å². The van der Waals surface area contributed by atoms with Crippen LogP contribution in [0, 0.1) is 5.82 Å². The maximum absolute atomic E-state index is 14.0. The van der Waals surface area contributed by atoms with E-state index in [4.69, 9.17) is 9.47 Å². The molecule has 11 nitrogen and oxygen atoms in total. The molecule has 3 heterocycles. The number of carbonyl (C=O) groups is 4. The number of amides is 4. The molecule has 4 fully saturated rings. The maximum Gasteiger partial charge on any atom is 0.253 e. The molecule has 4 amide bonds. The van der Waals surface area contributed by atoms with Crippen molar-refractivity contribution in [3.05, 3.63) is 35.6 Å². The van der Waals surface area contributed by atoms with Gasteiger partial charge in [0.05, 0.1) is 31.8 Å². The lowest BCUT2D eigenvalue weighted by Gasteiger charge is -2.45. The van der Waals surface area contributed by atoms with Crippen molar-refractivity contribution in [3.8, 4) is 0 Å². The topological polar surface area (TPSA) is 129 Å². The van der Waals surface area contributed by atoms with Gasteiger partial charge in [-0.3, -0.25) is 19.2 Å². The number of fused-ring (bicyclic) bond motifs is 1. The second-order valence-corrected chi connectivity index (χ2v) is 12.9. The number of rotatable bonds is 3. The molecule has 4 aliphatic rings. The smallest absolute Gasteiger partial charge is 0.253 e. The summed E-state index contributed by atoms with van der Waals surface area (Å²) in [6.45, 7) is 1.45. The van der Waals surface area contributed by atoms with E-state index in [0.717, 1.165) is 0 Å². The number of nitrogens with one attached hydrogen (secondary N) is 3. The fraction of sp³-hybridized carbons (Fsp3) is 0.688. The Balaban J connectivity index is 1.29. The minimum absolute atomic E-state index is 0.0694. The zero-order valence-corrected chi connectivity index (χ0v) is 26.0. The summed E-state index contributed by atoms with van der Waals surface area (Å²) in [7, 11) is 0. The van der Waals surface area contributed by atoms with Crippen LogP contribution >= 0.6 is 0 Å². The first-order valence-corrected chi connectivity index (χ1v) is 16.2. The SMILES string of the molecule is O=C1COCCOCCNC(=O)[C@@H]2C[C@H](NC3CCC(F)(F)CC3)CCN2C(=O)CC2(CCN(C(=O)c3ccc(F)cc3)CC2)N1. The van der Waals surface area contributed by atoms with Crippen molar-refractivity contribution < 1.29 is 41.8 Å². The Kier molecular flexibility index (Phi) is 11.2. The van der Waals surface area contributed by atoms with Crippen LogP contribution in [0.5, 0.6) is 0 Å². The molecule has 3 aliphatic heterocycles. The van der Waals surface area contributed by atoms with Gasteiger partial charge in [0.15, 0.2) is 0 Å². The summed E-state index contributed by atoms with van der Waals surface area (Å²) in [4.78, 5) is 56.8. The fourth-order valence-electron chi connectivity index (χ4n) is 6.93. The van der Waals surface area contributed by atoms with Gasteiger partial charge in [0.25, 0.3) is 5.91 Å². The fourth-order valence-corrected chi connectivity index (χ4v) is 6.93. The standard InChI is InChI=1S/C32H44F3N5O6/c33-23-3-1-22(2-4-23)30(44)39-14-10-31(11-15-39)20-28(42)40-13-7-25(37-24-5-8-32(34,35)9-6-24)19-26(40)29(43)36-12-16-45-17-18-46-21-27(41)38-31/h1-4,24-26,37H,5-21H2,(H,36,43)(H,38,41)/t25-,26+/m1/s1. The predicted molar refractivity (Wildman–Crippen MR) is 161 cm³/mol. The van der Waals surface area contributed by atoms with Crippen LogP contribution in [-0.4, -0.2) is 116 Å². The molecule has 1 spiro atoms. The summed E-state index contributed by atoms with van der Waals surface area (Å²) in [6.07, 6.45) is 1.77. The van der Waals surface area contributed by atoms with Crippen LogP contribution in [-0.2, 0) is 23.9 Å². The molecular formula is C32H44F3N5O6. The number of halogens is 3. The van der Waals surface area contributed by atoms with Gasteiger partial charge >= 0.3 is 0 Å². The maximum atomic E-state index is 14.0. The third kappa shape index (κ3) is 8.97. The monoisotopic (exact) mass is 651 g/mol. The second kappa shape index (κ2) is 15.1. The summed E-state index contributed by atoms with van der Waals surface area (Å²) < 4.78 is 51.8. The highest BCUT2D eigenvalue weighted by Crippen LogP contribution is 2.34. The Hall–Kier alpha value is -3.23. The zero-order valence-electron chi connectivity index (χ0n) is 26.0. The molecule has 14 heteroatoms. The first kappa shape index (κ1) is 34.1. The van der Waals surface area contributed by atoms with Gasteiger partial charge in [-0.05, 0) is 62.8 Å². The average molecular weight is 652 g/mol. The summed E-state index contributed by atoms with van der Waals surface area (Å²) in [5.41, 5.74) is -0.632. The van der Waals surface area contributed by atoms with Gasteiger partial charge in [0.1, 0.15) is 18.5 Å². The van der Waals surface area contributed by atoms with Crippen molar-refractivity contribution in [1.82, 2.24) is 25.8 Å². The van der Waals surface area contributed by atoms with Crippen LogP contribution in [0.4, 0.5) is 13.2 Å². The minimum Gasteiger partial charge on any atom is -0.377 e. The Morgan fingerprint density at radius 3 is 2.30 bits per heavy atom. The predicted octanol–water partition coefficient (Wildman–Crippen LogP) is 2.00. The molecule has 1 aromatic rings. The third-order valence-corrected chi connectivity index (χ3v) is 9.56. The molecule has 1 saturated carbocycles. The number of hydrogen-bond donors (Lipinski definition) is 3. The molecule has 46 heavy (non-hydrogen) atoms. The summed E-state index contributed by atoms with van der Waals surface area (Å²) >= 11 is 0. The summed E-state index contributed by atoms with van der Waals surface area (Å²) in [6, 6.07) is 4.32. The Morgan fingerprint density at radius 2 is 1.59 bits per heavy atom. The number of piperidine rings is 2. The molecular weight excluding hydrogens is 607 g/mol. The van der Waals surface area contributed by atoms with Crippen molar-refractivity contribution in [2.45, 2.75) is 87.4 Å². The van der Waals surface area contributed by atoms with E-state index < -0.39 is 29.2 Å². The zero-order chi connectivity index (χ0) is 32.7. The molecule has 2 atom stereocenters. The first-order valence-electron chi connectivity index (χ1n) is 16.2. The van der Waals surface area contributed by atoms with E-state index in [-0.39, 0.29) is 102 Å². The van der Waals surface area contributed by atoms with Crippen LogP contribution in [0.3, 0.4) is 0 Å². The van der Waals surface area contributed by atoms with Gasteiger partial charge in [-0.1, -0.05) is 0 Å². The van der Waals surface area contributed by atoms with Gasteiger partial charge in [0, 0.05) is 56.7 Å². The normalized spacial score (nSPS) is 27.1. The highest BCUT2D eigenvalue weighted by atomic mass is 19.3. The van der Waals surface area contributed by atoms with E-state index >= 15 is 0 Å². The molecule has 3 N–H and O–H groups in total. The minimum atomic E-state index is -2.64. The van der Waals surface area contributed by atoms with Crippen LogP contribution < -0.4 is 16.0 Å². The van der Waals surface area contributed by atoms with Crippen LogP contribution in [0.15, 0.2) is 24.3 Å². The van der Waals surface area contributed by atoms with Crippen molar-refractivity contribution in [2.24, 2.45) is 0 Å². The molecule has 5 rings (SSSR count). The molecule has 0 aromatic heterocycles. The second-order valence-electron chi connectivity index (χ2n) is 12.9. The van der Waals surface area contributed by atoms with Gasteiger partial charge in [0.2, 0.25) is 23.6 Å². The highest BCUT2D eigenvalue weighted by Gasteiger charge is 2.44. The Labute approximate surface area is 266 Å². The van der Waals surface area contributed by atoms with E-state index in [9.17, 15) is 32.3 Å². The largest absolute Gasteiger partial charge is 0.377 e. The number of nitrogens with zero attached hydrogens (tertiary/aromatic N) is 2. The van der Waals surface area contributed by atoms with Crippen LogP contribution in [0.2, 0.25) is 0 Å². The van der Waals surface area contributed by atoms with Gasteiger partial charge < -0.3 is 35.2 Å². The lowest BCUT2D eigenvalue weighted by Crippen LogP contribution is -2.62. The molecule has 1 aromatic carbocycles. The summed E-state index contributed by atoms with van der Waals surface area (Å²) in [5.74, 6) is -4.36. The first-order chi connectivity index (χ1) is 22.0. The lowest BCUT2D eigenvalue weighted by atomic mass is 9.82. The van der Waals surface area contributed by atoms with E-state index in [2.05, 4.69) is 16.0 Å². The van der Waals surface area contributed by atoms with Crippen LogP contribution in [0.1, 0.15) is 68.1 Å². The van der Waals surface area contributed by atoms with Gasteiger partial charge in [-0.2, -0.15) is 0 Å². The molecule has 254 valence electrons. The van der Waals surface area contributed by atoms with Crippen LogP contribution in [0.25, 0.3) is 0 Å².